The topological polar surface area (TPSA) is 95.6 Å². The van der Waals surface area contributed by atoms with Crippen LogP contribution in [0.15, 0.2) is 36.4 Å². The van der Waals surface area contributed by atoms with E-state index < -0.39 is 5.92 Å². The van der Waals surface area contributed by atoms with Crippen LogP contribution in [0, 0.1) is 5.92 Å². The SMILES string of the molecule is COCCCNC(=O)[C@H]1CN(C(=O)c2cccc(OC)c2)C[C@H]1c1cc(OC)c(OC)c(OC)c1. The maximum absolute atomic E-state index is 13.4. The molecule has 2 aromatic carbocycles. The second-order valence-corrected chi connectivity index (χ2v) is 8.25. The molecule has 2 aromatic rings. The standard InChI is InChI=1S/C26H34N2O7/c1-31-11-7-10-27-25(29)21-16-28(26(30)17-8-6-9-19(12-17)32-2)15-20(21)18-13-22(33-3)24(35-5)23(14-18)34-4/h6,8-9,12-14,20-21H,7,10-11,15-16H2,1-5H3,(H,27,29)/t20-,21-/m0/s1. The van der Waals surface area contributed by atoms with Gasteiger partial charge in [0.15, 0.2) is 11.5 Å². The van der Waals surface area contributed by atoms with Gasteiger partial charge in [0, 0.05) is 44.8 Å². The van der Waals surface area contributed by atoms with Crippen LogP contribution in [0.25, 0.3) is 0 Å². The van der Waals surface area contributed by atoms with Crippen molar-refractivity contribution in [2.75, 3.05) is 61.8 Å². The van der Waals surface area contributed by atoms with E-state index in [1.165, 1.54) is 0 Å². The summed E-state index contributed by atoms with van der Waals surface area (Å²) in [6.45, 7) is 1.70. The highest BCUT2D eigenvalue weighted by Crippen LogP contribution is 2.43. The molecule has 1 heterocycles. The number of nitrogens with zero attached hydrogens (tertiary/aromatic N) is 1. The highest BCUT2D eigenvalue weighted by molar-refractivity contribution is 5.95. The van der Waals surface area contributed by atoms with Crippen LogP contribution in [0.4, 0.5) is 0 Å². The lowest BCUT2D eigenvalue weighted by atomic mass is 9.88. The number of benzene rings is 2. The number of ether oxygens (including phenoxy) is 5. The maximum atomic E-state index is 13.4. The van der Waals surface area contributed by atoms with Crippen molar-refractivity contribution in [1.29, 1.82) is 0 Å². The Morgan fingerprint density at radius 3 is 2.26 bits per heavy atom. The minimum atomic E-state index is -0.449. The summed E-state index contributed by atoms with van der Waals surface area (Å²) in [7, 11) is 7.83. The smallest absolute Gasteiger partial charge is 0.254 e. The van der Waals surface area contributed by atoms with Crippen molar-refractivity contribution in [3.8, 4) is 23.0 Å². The first kappa shape index (κ1) is 26.2. The molecular formula is C26H34N2O7. The van der Waals surface area contributed by atoms with Gasteiger partial charge in [-0.25, -0.2) is 0 Å². The fourth-order valence-electron chi connectivity index (χ4n) is 4.39. The predicted molar refractivity (Wildman–Crippen MR) is 131 cm³/mol. The molecule has 0 unspecified atom stereocenters. The zero-order valence-electron chi connectivity index (χ0n) is 21.0. The molecule has 0 aromatic heterocycles. The molecule has 1 aliphatic heterocycles. The Labute approximate surface area is 206 Å². The van der Waals surface area contributed by atoms with Crippen molar-refractivity contribution in [2.24, 2.45) is 5.92 Å². The number of rotatable bonds is 11. The number of hydrogen-bond donors (Lipinski definition) is 1. The van der Waals surface area contributed by atoms with Crippen LogP contribution in [0.3, 0.4) is 0 Å². The molecule has 9 heteroatoms. The number of hydrogen-bond acceptors (Lipinski definition) is 7. The van der Waals surface area contributed by atoms with Gasteiger partial charge in [-0.15, -0.1) is 0 Å². The van der Waals surface area contributed by atoms with Gasteiger partial charge in [-0.1, -0.05) is 6.07 Å². The van der Waals surface area contributed by atoms with E-state index in [4.69, 9.17) is 23.7 Å². The van der Waals surface area contributed by atoms with Crippen LogP contribution < -0.4 is 24.3 Å². The van der Waals surface area contributed by atoms with Crippen LogP contribution in [0.1, 0.15) is 28.3 Å². The summed E-state index contributed by atoms with van der Waals surface area (Å²) in [5.74, 6) is 1.09. The number of carbonyl (C=O) groups excluding carboxylic acids is 2. The first-order chi connectivity index (χ1) is 17.0. The molecule has 1 saturated heterocycles. The van der Waals surface area contributed by atoms with E-state index in [-0.39, 0.29) is 24.3 Å². The second kappa shape index (κ2) is 12.3. The van der Waals surface area contributed by atoms with Crippen LogP contribution >= 0.6 is 0 Å². The summed E-state index contributed by atoms with van der Waals surface area (Å²) in [6.07, 6.45) is 0.705. The molecule has 1 N–H and O–H groups in total. The molecule has 1 aliphatic rings. The average molecular weight is 487 g/mol. The van der Waals surface area contributed by atoms with E-state index in [1.807, 2.05) is 12.1 Å². The molecule has 1 fully saturated rings. The third-order valence-corrected chi connectivity index (χ3v) is 6.20. The molecule has 0 aliphatic carbocycles. The Bertz CT molecular complexity index is 1000. The quantitative estimate of drug-likeness (QED) is 0.488. The fourth-order valence-corrected chi connectivity index (χ4v) is 4.39. The number of amides is 2. The summed E-state index contributed by atoms with van der Waals surface area (Å²) in [6, 6.07) is 10.7. The van der Waals surface area contributed by atoms with Gasteiger partial charge < -0.3 is 33.9 Å². The Balaban J connectivity index is 1.93. The van der Waals surface area contributed by atoms with Crippen molar-refractivity contribution in [2.45, 2.75) is 12.3 Å². The van der Waals surface area contributed by atoms with Crippen LogP contribution in [0.2, 0.25) is 0 Å². The summed E-state index contributed by atoms with van der Waals surface area (Å²) in [4.78, 5) is 28.3. The average Bonchev–Trinajstić information content (AvgIpc) is 3.35. The number of likely N-dealkylation sites (tertiary alicyclic amines) is 1. The number of methoxy groups -OCH3 is 5. The van der Waals surface area contributed by atoms with Crippen molar-refractivity contribution >= 4 is 11.8 Å². The Morgan fingerprint density at radius 2 is 1.66 bits per heavy atom. The van der Waals surface area contributed by atoms with Crippen LogP contribution in [0.5, 0.6) is 23.0 Å². The van der Waals surface area contributed by atoms with Crippen molar-refractivity contribution in [3.05, 3.63) is 47.5 Å². The zero-order valence-corrected chi connectivity index (χ0v) is 21.0. The summed E-state index contributed by atoms with van der Waals surface area (Å²) >= 11 is 0. The number of carbonyl (C=O) groups is 2. The Hall–Kier alpha value is -3.46. The molecular weight excluding hydrogens is 452 g/mol. The minimum absolute atomic E-state index is 0.110. The Morgan fingerprint density at radius 1 is 0.943 bits per heavy atom. The molecule has 2 amide bonds. The van der Waals surface area contributed by atoms with Gasteiger partial charge in [-0.3, -0.25) is 9.59 Å². The van der Waals surface area contributed by atoms with E-state index in [0.29, 0.717) is 54.7 Å². The highest BCUT2D eigenvalue weighted by Gasteiger charge is 2.41. The monoisotopic (exact) mass is 486 g/mol. The van der Waals surface area contributed by atoms with Gasteiger partial charge in [0.2, 0.25) is 11.7 Å². The van der Waals surface area contributed by atoms with Gasteiger partial charge in [-0.2, -0.15) is 0 Å². The van der Waals surface area contributed by atoms with Crippen molar-refractivity contribution in [3.63, 3.8) is 0 Å². The van der Waals surface area contributed by atoms with E-state index in [9.17, 15) is 9.59 Å². The third-order valence-electron chi connectivity index (χ3n) is 6.20. The second-order valence-electron chi connectivity index (χ2n) is 8.25. The first-order valence-electron chi connectivity index (χ1n) is 11.5. The van der Waals surface area contributed by atoms with E-state index >= 15 is 0 Å². The lowest BCUT2D eigenvalue weighted by Gasteiger charge is -2.21. The largest absolute Gasteiger partial charge is 0.497 e. The van der Waals surface area contributed by atoms with E-state index in [1.54, 1.807) is 64.7 Å². The molecule has 35 heavy (non-hydrogen) atoms. The van der Waals surface area contributed by atoms with E-state index in [2.05, 4.69) is 5.32 Å². The fraction of sp³-hybridized carbons (Fsp3) is 0.462. The molecule has 0 spiro atoms. The zero-order chi connectivity index (χ0) is 25.4. The Kier molecular flexibility index (Phi) is 9.19. The summed E-state index contributed by atoms with van der Waals surface area (Å²) < 4.78 is 26.8. The van der Waals surface area contributed by atoms with Gasteiger partial charge in [0.25, 0.3) is 5.91 Å². The first-order valence-corrected chi connectivity index (χ1v) is 11.5. The highest BCUT2D eigenvalue weighted by atomic mass is 16.5. The minimum Gasteiger partial charge on any atom is -0.497 e. The normalized spacial score (nSPS) is 17.1. The predicted octanol–water partition coefficient (Wildman–Crippen LogP) is 2.73. The van der Waals surface area contributed by atoms with Crippen LogP contribution in [-0.4, -0.2) is 78.5 Å². The molecule has 190 valence electrons. The van der Waals surface area contributed by atoms with Crippen molar-refractivity contribution < 1.29 is 33.3 Å². The summed E-state index contributed by atoms with van der Waals surface area (Å²) in [5.41, 5.74) is 1.34. The van der Waals surface area contributed by atoms with E-state index in [0.717, 1.165) is 5.56 Å². The molecule has 2 atom stereocenters. The third kappa shape index (κ3) is 5.97. The number of nitrogens with one attached hydrogen (secondary N) is 1. The van der Waals surface area contributed by atoms with Gasteiger partial charge >= 0.3 is 0 Å². The molecule has 0 radical (unpaired) electrons. The van der Waals surface area contributed by atoms with Crippen LogP contribution in [-0.2, 0) is 9.53 Å². The van der Waals surface area contributed by atoms with Gasteiger partial charge in [-0.05, 0) is 42.3 Å². The van der Waals surface area contributed by atoms with Gasteiger partial charge in [0.1, 0.15) is 5.75 Å². The molecule has 9 nitrogen and oxygen atoms in total. The molecule has 0 saturated carbocycles. The van der Waals surface area contributed by atoms with Gasteiger partial charge in [0.05, 0.1) is 34.4 Å². The maximum Gasteiger partial charge on any atom is 0.254 e. The lowest BCUT2D eigenvalue weighted by Crippen LogP contribution is -2.36. The molecule has 3 rings (SSSR count). The van der Waals surface area contributed by atoms with Crippen molar-refractivity contribution in [1.82, 2.24) is 10.2 Å². The lowest BCUT2D eigenvalue weighted by molar-refractivity contribution is -0.125. The summed E-state index contributed by atoms with van der Waals surface area (Å²) in [5, 5.41) is 2.99. The molecule has 0 bridgehead atoms.